The summed E-state index contributed by atoms with van der Waals surface area (Å²) in [5.74, 6) is -0.457. The third kappa shape index (κ3) is 2.49. The Hall–Kier alpha value is -2.67. The number of benzene rings is 1. The van der Waals surface area contributed by atoms with Gasteiger partial charge in [-0.25, -0.2) is 4.39 Å². The number of H-pyrrole nitrogens is 2. The minimum absolute atomic E-state index is 0.135. The minimum Gasteiger partial charge on any atom is -0.377 e. The van der Waals surface area contributed by atoms with Crippen molar-refractivity contribution in [1.29, 1.82) is 0 Å². The van der Waals surface area contributed by atoms with Gasteiger partial charge in [0.05, 0.1) is 24.9 Å². The molecule has 23 heavy (non-hydrogen) atoms. The standard InChI is InChI=1S/C16H15FN4O2/c17-11-1-2-12-10(7-11)8-14(19-12)16(22)21-5-6-23-9-15(21)13-3-4-18-20-13/h1-4,7-8,15,19H,5-6,9H2,(H,18,20). The van der Waals surface area contributed by atoms with Crippen LogP contribution in [-0.2, 0) is 4.74 Å². The van der Waals surface area contributed by atoms with Crippen LogP contribution in [0.25, 0.3) is 10.9 Å². The number of carbonyl (C=O) groups is 1. The van der Waals surface area contributed by atoms with Crippen LogP contribution in [-0.4, -0.2) is 45.7 Å². The molecule has 1 aliphatic rings. The predicted octanol–water partition coefficient (Wildman–Crippen LogP) is 2.24. The van der Waals surface area contributed by atoms with Crippen LogP contribution in [0.5, 0.6) is 0 Å². The molecule has 1 amide bonds. The predicted molar refractivity (Wildman–Crippen MR) is 81.4 cm³/mol. The van der Waals surface area contributed by atoms with Crippen molar-refractivity contribution in [2.24, 2.45) is 0 Å². The zero-order chi connectivity index (χ0) is 15.8. The number of morpholine rings is 1. The number of aromatic amines is 2. The number of carbonyl (C=O) groups excluding carboxylic acids is 1. The molecule has 2 aromatic heterocycles. The van der Waals surface area contributed by atoms with Gasteiger partial charge in [0.15, 0.2) is 0 Å². The van der Waals surface area contributed by atoms with E-state index in [0.717, 1.165) is 11.2 Å². The molecule has 118 valence electrons. The number of hydrogen-bond acceptors (Lipinski definition) is 3. The Morgan fingerprint density at radius 2 is 2.26 bits per heavy atom. The zero-order valence-corrected chi connectivity index (χ0v) is 12.3. The average Bonchev–Trinajstić information content (AvgIpc) is 3.23. The smallest absolute Gasteiger partial charge is 0.271 e. The molecule has 6 nitrogen and oxygen atoms in total. The third-order valence-electron chi connectivity index (χ3n) is 4.08. The SMILES string of the molecule is O=C(c1cc2cc(F)ccc2[nH]1)N1CCOCC1c1ccn[nH]1. The van der Waals surface area contributed by atoms with E-state index >= 15 is 0 Å². The lowest BCUT2D eigenvalue weighted by Crippen LogP contribution is -2.43. The highest BCUT2D eigenvalue weighted by atomic mass is 19.1. The van der Waals surface area contributed by atoms with Gasteiger partial charge in [-0.15, -0.1) is 0 Å². The van der Waals surface area contributed by atoms with E-state index in [0.29, 0.717) is 30.8 Å². The number of ether oxygens (including phenoxy) is 1. The quantitative estimate of drug-likeness (QED) is 0.762. The van der Waals surface area contributed by atoms with Crippen LogP contribution in [0.3, 0.4) is 0 Å². The van der Waals surface area contributed by atoms with E-state index in [2.05, 4.69) is 15.2 Å². The van der Waals surface area contributed by atoms with Crippen LogP contribution >= 0.6 is 0 Å². The molecule has 1 unspecified atom stereocenters. The van der Waals surface area contributed by atoms with Crippen molar-refractivity contribution in [1.82, 2.24) is 20.1 Å². The van der Waals surface area contributed by atoms with Crippen LogP contribution in [0, 0.1) is 5.82 Å². The van der Waals surface area contributed by atoms with Gasteiger partial charge >= 0.3 is 0 Å². The fourth-order valence-electron chi connectivity index (χ4n) is 2.93. The number of rotatable bonds is 2. The first kappa shape index (κ1) is 14.0. The normalized spacial score (nSPS) is 18.5. The van der Waals surface area contributed by atoms with Gasteiger partial charge in [0.25, 0.3) is 5.91 Å². The van der Waals surface area contributed by atoms with Crippen molar-refractivity contribution in [2.75, 3.05) is 19.8 Å². The van der Waals surface area contributed by atoms with E-state index in [9.17, 15) is 9.18 Å². The molecule has 1 atom stereocenters. The van der Waals surface area contributed by atoms with Gasteiger partial charge in [0.2, 0.25) is 0 Å². The molecule has 0 aliphatic carbocycles. The molecule has 0 saturated carbocycles. The molecule has 3 aromatic rings. The Balaban J connectivity index is 1.67. The second-order valence-electron chi connectivity index (χ2n) is 5.52. The van der Waals surface area contributed by atoms with Gasteiger partial charge < -0.3 is 14.6 Å². The number of hydrogen-bond donors (Lipinski definition) is 2. The molecule has 4 rings (SSSR count). The van der Waals surface area contributed by atoms with Crippen molar-refractivity contribution in [3.8, 4) is 0 Å². The summed E-state index contributed by atoms with van der Waals surface area (Å²) in [5.41, 5.74) is 2.01. The molecule has 2 N–H and O–H groups in total. The number of amides is 1. The summed E-state index contributed by atoms with van der Waals surface area (Å²) in [4.78, 5) is 17.7. The second kappa shape index (κ2) is 5.51. The Labute approximate surface area is 131 Å². The number of halogens is 1. The molecule has 0 radical (unpaired) electrons. The molecule has 1 fully saturated rings. The molecule has 0 bridgehead atoms. The number of fused-ring (bicyclic) bond motifs is 1. The minimum atomic E-state index is -0.322. The van der Waals surface area contributed by atoms with Gasteiger partial charge in [-0.1, -0.05) is 0 Å². The molecule has 7 heteroatoms. The van der Waals surface area contributed by atoms with E-state index in [1.54, 1.807) is 23.2 Å². The van der Waals surface area contributed by atoms with Crippen molar-refractivity contribution in [3.63, 3.8) is 0 Å². The fourth-order valence-corrected chi connectivity index (χ4v) is 2.93. The Kier molecular flexibility index (Phi) is 3.34. The zero-order valence-electron chi connectivity index (χ0n) is 12.3. The molecule has 1 aliphatic heterocycles. The first-order valence-electron chi connectivity index (χ1n) is 7.38. The first-order valence-corrected chi connectivity index (χ1v) is 7.38. The molecule has 1 saturated heterocycles. The number of aromatic nitrogens is 3. The number of nitrogens with zero attached hydrogens (tertiary/aromatic N) is 2. The van der Waals surface area contributed by atoms with Gasteiger partial charge in [-0.3, -0.25) is 9.89 Å². The lowest BCUT2D eigenvalue weighted by molar-refractivity contribution is -0.00416. The van der Waals surface area contributed by atoms with Crippen LogP contribution in [0.2, 0.25) is 0 Å². The number of nitrogens with one attached hydrogen (secondary N) is 2. The summed E-state index contributed by atoms with van der Waals surface area (Å²) < 4.78 is 18.8. The summed E-state index contributed by atoms with van der Waals surface area (Å²) in [6, 6.07) is 7.72. The van der Waals surface area contributed by atoms with Gasteiger partial charge in [0.1, 0.15) is 11.5 Å². The molecule has 1 aromatic carbocycles. The first-order chi connectivity index (χ1) is 11.2. The lowest BCUT2D eigenvalue weighted by Gasteiger charge is -2.34. The summed E-state index contributed by atoms with van der Waals surface area (Å²) in [6.45, 7) is 1.40. The van der Waals surface area contributed by atoms with Crippen LogP contribution in [0.4, 0.5) is 4.39 Å². The van der Waals surface area contributed by atoms with Crippen LogP contribution < -0.4 is 0 Å². The maximum Gasteiger partial charge on any atom is 0.271 e. The highest BCUT2D eigenvalue weighted by Crippen LogP contribution is 2.25. The van der Waals surface area contributed by atoms with Crippen molar-refractivity contribution < 1.29 is 13.9 Å². The van der Waals surface area contributed by atoms with Crippen molar-refractivity contribution in [2.45, 2.75) is 6.04 Å². The lowest BCUT2D eigenvalue weighted by atomic mass is 10.1. The molecule has 0 spiro atoms. The Bertz CT molecular complexity index is 843. The van der Waals surface area contributed by atoms with Crippen LogP contribution in [0.15, 0.2) is 36.5 Å². The second-order valence-corrected chi connectivity index (χ2v) is 5.52. The molecule has 3 heterocycles. The Morgan fingerprint density at radius 3 is 3.09 bits per heavy atom. The summed E-state index contributed by atoms with van der Waals surface area (Å²) in [7, 11) is 0. The van der Waals surface area contributed by atoms with E-state index < -0.39 is 0 Å². The fraction of sp³-hybridized carbons (Fsp3) is 0.250. The van der Waals surface area contributed by atoms with Crippen LogP contribution in [0.1, 0.15) is 22.2 Å². The monoisotopic (exact) mass is 314 g/mol. The van der Waals surface area contributed by atoms with E-state index in [1.165, 1.54) is 12.1 Å². The van der Waals surface area contributed by atoms with E-state index in [1.807, 2.05) is 6.07 Å². The summed E-state index contributed by atoms with van der Waals surface area (Å²) in [6.07, 6.45) is 1.65. The largest absolute Gasteiger partial charge is 0.377 e. The topological polar surface area (TPSA) is 74.0 Å². The average molecular weight is 314 g/mol. The van der Waals surface area contributed by atoms with E-state index in [-0.39, 0.29) is 17.8 Å². The van der Waals surface area contributed by atoms with Crippen molar-refractivity contribution in [3.05, 3.63) is 53.7 Å². The van der Waals surface area contributed by atoms with E-state index in [4.69, 9.17) is 4.74 Å². The summed E-state index contributed by atoms with van der Waals surface area (Å²) >= 11 is 0. The third-order valence-corrected chi connectivity index (χ3v) is 4.08. The molecular formula is C16H15FN4O2. The maximum absolute atomic E-state index is 13.3. The molecular weight excluding hydrogens is 299 g/mol. The highest BCUT2D eigenvalue weighted by molar-refractivity contribution is 5.98. The van der Waals surface area contributed by atoms with Gasteiger partial charge in [-0.2, -0.15) is 5.10 Å². The van der Waals surface area contributed by atoms with Gasteiger partial charge in [0, 0.05) is 23.6 Å². The maximum atomic E-state index is 13.3. The van der Waals surface area contributed by atoms with Crippen molar-refractivity contribution >= 4 is 16.8 Å². The highest BCUT2D eigenvalue weighted by Gasteiger charge is 2.31. The summed E-state index contributed by atoms with van der Waals surface area (Å²) in [5, 5.41) is 7.51. The Morgan fingerprint density at radius 1 is 1.35 bits per heavy atom. The van der Waals surface area contributed by atoms with Gasteiger partial charge in [-0.05, 0) is 30.3 Å².